The quantitative estimate of drug-likeness (QED) is 0.149. The van der Waals surface area contributed by atoms with Gasteiger partial charge in [-0.1, -0.05) is 124 Å². The Kier molecular flexibility index (Phi) is 10.4. The van der Waals surface area contributed by atoms with Crippen molar-refractivity contribution in [1.82, 2.24) is 6.15 Å². The zero-order valence-corrected chi connectivity index (χ0v) is 23.5. The van der Waals surface area contributed by atoms with Crippen LogP contribution in [-0.4, -0.2) is 26.2 Å². The molecule has 0 amide bonds. The number of benzene rings is 4. The smallest absolute Gasteiger partial charge is 0.397 e. The van der Waals surface area contributed by atoms with Crippen molar-refractivity contribution < 1.29 is 21.9 Å². The third-order valence-electron chi connectivity index (χ3n) is 7.06. The Morgan fingerprint density at radius 2 is 1.00 bits per heavy atom. The van der Waals surface area contributed by atoms with Gasteiger partial charge in [-0.15, -0.1) is 0 Å². The third-order valence-corrected chi connectivity index (χ3v) is 7.53. The minimum Gasteiger partial charge on any atom is -0.491 e. The van der Waals surface area contributed by atoms with Crippen LogP contribution in [0.25, 0.3) is 0 Å². The maximum absolute atomic E-state index is 11.1. The average Bonchev–Trinajstić information content (AvgIpc) is 2.94. The number of ether oxygens (including phenoxy) is 1. The molecule has 3 atom stereocenters. The van der Waals surface area contributed by atoms with Crippen LogP contribution < -0.4 is 10.9 Å². The highest BCUT2D eigenvalue weighted by atomic mass is 32.3. The fourth-order valence-electron chi connectivity index (χ4n) is 4.82. The van der Waals surface area contributed by atoms with Crippen molar-refractivity contribution in [3.8, 4) is 5.75 Å². The van der Waals surface area contributed by atoms with E-state index in [4.69, 9.17) is 9.29 Å². The normalized spacial score (nSPS) is 13.6. The fraction of sp³-hybridized carbons (Fsp3) is 0.250. The molecule has 0 aliphatic heterocycles. The van der Waals surface area contributed by atoms with Crippen LogP contribution in [-0.2, 0) is 14.6 Å². The topological polar surface area (TPSA) is 108 Å². The van der Waals surface area contributed by atoms with Gasteiger partial charge in [-0.05, 0) is 22.3 Å². The van der Waals surface area contributed by atoms with Crippen LogP contribution in [0.2, 0.25) is 0 Å². The first-order valence-corrected chi connectivity index (χ1v) is 14.2. The molecular weight excluding hydrogens is 510 g/mol. The van der Waals surface area contributed by atoms with Gasteiger partial charge in [-0.25, -0.2) is 4.18 Å². The van der Waals surface area contributed by atoms with E-state index in [1.807, 2.05) is 42.5 Å². The lowest BCUT2D eigenvalue weighted by Gasteiger charge is -2.26. The van der Waals surface area contributed by atoms with Gasteiger partial charge < -0.3 is 10.9 Å². The predicted octanol–water partition coefficient (Wildman–Crippen LogP) is 7.50. The molecule has 0 saturated heterocycles. The lowest BCUT2D eigenvalue weighted by atomic mass is 9.81. The fourth-order valence-corrected chi connectivity index (χ4v) is 5.10. The van der Waals surface area contributed by atoms with Crippen molar-refractivity contribution in [2.24, 2.45) is 0 Å². The lowest BCUT2D eigenvalue weighted by molar-refractivity contribution is 0.199. The van der Waals surface area contributed by atoms with Crippen molar-refractivity contribution in [2.75, 3.05) is 13.2 Å². The molecular formula is C32H37NO5S. The van der Waals surface area contributed by atoms with Crippen LogP contribution in [0.3, 0.4) is 0 Å². The van der Waals surface area contributed by atoms with Gasteiger partial charge in [0.05, 0.1) is 0 Å². The van der Waals surface area contributed by atoms with Gasteiger partial charge in [0.1, 0.15) is 19.0 Å². The van der Waals surface area contributed by atoms with Crippen molar-refractivity contribution >= 4 is 10.4 Å². The Balaban J connectivity index is 0.00000420. The molecule has 0 fully saturated rings. The second-order valence-corrected chi connectivity index (χ2v) is 10.6. The summed E-state index contributed by atoms with van der Waals surface area (Å²) in [7, 11) is -4.55. The lowest BCUT2D eigenvalue weighted by Crippen LogP contribution is -2.15. The van der Waals surface area contributed by atoms with E-state index in [2.05, 4.69) is 85.6 Å². The molecule has 4 aromatic carbocycles. The second-order valence-electron chi connectivity index (χ2n) is 9.52. The molecule has 0 spiro atoms. The first-order valence-electron chi connectivity index (χ1n) is 12.8. The van der Waals surface area contributed by atoms with Crippen molar-refractivity contribution in [2.45, 2.75) is 38.5 Å². The molecule has 0 aromatic heterocycles. The Morgan fingerprint density at radius 1 is 0.615 bits per heavy atom. The summed E-state index contributed by atoms with van der Waals surface area (Å²) in [5, 5.41) is 0. The molecule has 7 heteroatoms. The first kappa shape index (κ1) is 30.1. The molecule has 0 aliphatic rings. The predicted molar refractivity (Wildman–Crippen MR) is 156 cm³/mol. The molecule has 3 unspecified atom stereocenters. The summed E-state index contributed by atoms with van der Waals surface area (Å²) in [6.45, 7) is 6.19. The maximum atomic E-state index is 11.1. The first-order chi connectivity index (χ1) is 18.2. The Hall–Kier alpha value is -3.49. The summed E-state index contributed by atoms with van der Waals surface area (Å²) in [4.78, 5) is 0. The van der Waals surface area contributed by atoms with Crippen LogP contribution in [0.15, 0.2) is 103 Å². The van der Waals surface area contributed by atoms with E-state index >= 15 is 0 Å². The van der Waals surface area contributed by atoms with Gasteiger partial charge in [0.25, 0.3) is 0 Å². The Bertz CT molecular complexity index is 1360. The van der Waals surface area contributed by atoms with Gasteiger partial charge in [-0.2, -0.15) is 8.42 Å². The van der Waals surface area contributed by atoms with Crippen LogP contribution in [0.1, 0.15) is 71.9 Å². The molecule has 0 heterocycles. The minimum atomic E-state index is -4.55. The van der Waals surface area contributed by atoms with Gasteiger partial charge >= 0.3 is 10.4 Å². The van der Waals surface area contributed by atoms with Gasteiger partial charge in [0, 0.05) is 28.9 Å². The number of rotatable bonds is 11. The summed E-state index contributed by atoms with van der Waals surface area (Å²) in [5.74, 6) is 0.883. The third kappa shape index (κ3) is 7.77. The van der Waals surface area contributed by atoms with Gasteiger partial charge in [0.15, 0.2) is 0 Å². The van der Waals surface area contributed by atoms with Crippen LogP contribution in [0.5, 0.6) is 5.75 Å². The summed E-state index contributed by atoms with van der Waals surface area (Å²) in [6, 6.07) is 35.3. The molecule has 4 N–H and O–H groups in total. The van der Waals surface area contributed by atoms with E-state index in [9.17, 15) is 8.42 Å². The zero-order valence-electron chi connectivity index (χ0n) is 22.7. The van der Waals surface area contributed by atoms with Gasteiger partial charge in [-0.3, -0.25) is 4.55 Å². The highest BCUT2D eigenvalue weighted by Gasteiger charge is 2.24. The highest BCUT2D eigenvalue weighted by Crippen LogP contribution is 2.42. The zero-order chi connectivity index (χ0) is 27.1. The maximum Gasteiger partial charge on any atom is 0.397 e. The molecule has 4 aromatic rings. The highest BCUT2D eigenvalue weighted by molar-refractivity contribution is 7.80. The van der Waals surface area contributed by atoms with E-state index in [1.54, 1.807) is 0 Å². The summed E-state index contributed by atoms with van der Waals surface area (Å²) in [6.07, 6.45) is 0. The molecule has 4 rings (SSSR count). The van der Waals surface area contributed by atoms with Crippen LogP contribution in [0, 0.1) is 0 Å². The number of hydrogen-bond donors (Lipinski definition) is 2. The largest absolute Gasteiger partial charge is 0.491 e. The number of hydrogen-bond acceptors (Lipinski definition) is 5. The molecule has 0 aliphatic carbocycles. The van der Waals surface area contributed by atoms with E-state index in [-0.39, 0.29) is 37.1 Å². The monoisotopic (exact) mass is 547 g/mol. The molecule has 0 bridgehead atoms. The molecule has 6 nitrogen and oxygen atoms in total. The molecule has 39 heavy (non-hydrogen) atoms. The van der Waals surface area contributed by atoms with E-state index < -0.39 is 10.4 Å². The average molecular weight is 548 g/mol. The van der Waals surface area contributed by atoms with E-state index in [0.717, 1.165) is 22.3 Å². The molecule has 0 saturated carbocycles. The van der Waals surface area contributed by atoms with Gasteiger partial charge in [0.2, 0.25) is 0 Å². The Morgan fingerprint density at radius 3 is 1.38 bits per heavy atom. The van der Waals surface area contributed by atoms with Crippen LogP contribution in [0.4, 0.5) is 0 Å². The summed E-state index contributed by atoms with van der Waals surface area (Å²) in [5.41, 5.74) is 6.72. The summed E-state index contributed by atoms with van der Waals surface area (Å²) >= 11 is 0. The van der Waals surface area contributed by atoms with Crippen molar-refractivity contribution in [3.63, 3.8) is 0 Å². The molecule has 0 radical (unpaired) electrons. The van der Waals surface area contributed by atoms with Crippen molar-refractivity contribution in [3.05, 3.63) is 137 Å². The standard InChI is InChI=1S/C32H34O5S.H3N/c1-23(26-13-7-4-8-14-26)29-21-30(24(2)27-15-9-5-10-16-27)32(36-19-20-37-38(33,34)35)31(22-29)25(3)28-17-11-6-12-18-28;/h4-18,21-25H,19-20H2,1-3H3,(H,33,34,35);1H3. The minimum absolute atomic E-state index is 0. The van der Waals surface area contributed by atoms with Crippen LogP contribution >= 0.6 is 0 Å². The van der Waals surface area contributed by atoms with E-state index in [0.29, 0.717) is 5.75 Å². The summed E-state index contributed by atoms with van der Waals surface area (Å²) < 4.78 is 42.0. The SMILES string of the molecule is CC(c1ccccc1)c1cc(C(C)c2ccccc2)c(OCCOS(=O)(=O)O)c(C(C)c2ccccc2)c1.N. The Labute approximate surface area is 232 Å². The van der Waals surface area contributed by atoms with E-state index in [1.165, 1.54) is 11.1 Å². The van der Waals surface area contributed by atoms with Crippen molar-refractivity contribution in [1.29, 1.82) is 0 Å². The second kappa shape index (κ2) is 13.5. The molecule has 206 valence electrons.